The Balaban J connectivity index is 1.80. The van der Waals surface area contributed by atoms with E-state index in [9.17, 15) is 4.79 Å². The molecule has 0 spiro atoms. The number of nitrogens with zero attached hydrogens (tertiary/aromatic N) is 1. The molecular formula is C25H29NO. The summed E-state index contributed by atoms with van der Waals surface area (Å²) in [7, 11) is 0. The second kappa shape index (κ2) is 8.06. The minimum Gasteiger partial charge on any atom is -0.296 e. The van der Waals surface area contributed by atoms with E-state index >= 15 is 0 Å². The van der Waals surface area contributed by atoms with E-state index in [1.807, 2.05) is 36.4 Å². The Morgan fingerprint density at radius 3 is 2.19 bits per heavy atom. The molecule has 3 rings (SSSR count). The summed E-state index contributed by atoms with van der Waals surface area (Å²) in [5.41, 5.74) is 1.61. The van der Waals surface area contributed by atoms with E-state index in [-0.39, 0.29) is 5.78 Å². The first kappa shape index (κ1) is 19.3. The van der Waals surface area contributed by atoms with E-state index in [1.54, 1.807) is 0 Å². The molecule has 0 bridgehead atoms. The smallest absolute Gasteiger partial charge is 0.169 e. The van der Waals surface area contributed by atoms with Crippen LogP contribution in [0.1, 0.15) is 43.6 Å². The number of fused-ring (bicyclic) bond motifs is 1. The summed E-state index contributed by atoms with van der Waals surface area (Å²) in [4.78, 5) is 15.7. The van der Waals surface area contributed by atoms with Crippen molar-refractivity contribution in [3.63, 3.8) is 0 Å². The maximum absolute atomic E-state index is 13.3. The molecule has 27 heavy (non-hydrogen) atoms. The molecule has 2 nitrogen and oxygen atoms in total. The predicted molar refractivity (Wildman–Crippen MR) is 114 cm³/mol. The lowest BCUT2D eigenvalue weighted by Gasteiger charge is -2.34. The monoisotopic (exact) mass is 359 g/mol. The topological polar surface area (TPSA) is 20.3 Å². The van der Waals surface area contributed by atoms with Crippen LogP contribution in [0.25, 0.3) is 10.8 Å². The molecule has 0 unspecified atom stereocenters. The summed E-state index contributed by atoms with van der Waals surface area (Å²) in [6.07, 6.45) is 0. The van der Waals surface area contributed by atoms with E-state index in [2.05, 4.69) is 69.0 Å². The van der Waals surface area contributed by atoms with Gasteiger partial charge in [0.25, 0.3) is 0 Å². The van der Waals surface area contributed by atoms with Crippen molar-refractivity contribution in [2.75, 3.05) is 6.54 Å². The third kappa shape index (κ3) is 4.64. The van der Waals surface area contributed by atoms with Gasteiger partial charge in [0.2, 0.25) is 0 Å². The zero-order chi connectivity index (χ0) is 19.4. The number of carbonyl (C=O) groups excluding carboxylic acids is 1. The van der Waals surface area contributed by atoms with Crippen LogP contribution in [0.15, 0.2) is 72.8 Å². The van der Waals surface area contributed by atoms with Crippen LogP contribution in [0.4, 0.5) is 0 Å². The molecule has 0 aromatic heterocycles. The van der Waals surface area contributed by atoms with Crippen LogP contribution in [0, 0.1) is 5.41 Å². The summed E-state index contributed by atoms with van der Waals surface area (Å²) >= 11 is 0. The van der Waals surface area contributed by atoms with Gasteiger partial charge in [0.05, 0.1) is 0 Å². The van der Waals surface area contributed by atoms with Crippen molar-refractivity contribution < 1.29 is 4.79 Å². The third-order valence-corrected chi connectivity index (χ3v) is 5.18. The fourth-order valence-corrected chi connectivity index (χ4v) is 3.54. The highest BCUT2D eigenvalue weighted by Gasteiger charge is 2.31. The van der Waals surface area contributed by atoms with Crippen molar-refractivity contribution in [1.29, 1.82) is 0 Å². The molecule has 0 fully saturated rings. The van der Waals surface area contributed by atoms with Gasteiger partial charge in [0.1, 0.15) is 0 Å². The lowest BCUT2D eigenvalue weighted by Crippen LogP contribution is -2.42. The molecule has 0 aliphatic rings. The Morgan fingerprint density at radius 2 is 1.52 bits per heavy atom. The fraction of sp³-hybridized carbons (Fsp3) is 0.320. The molecule has 0 saturated carbocycles. The van der Waals surface area contributed by atoms with Crippen molar-refractivity contribution in [2.24, 2.45) is 5.41 Å². The molecular weight excluding hydrogens is 330 g/mol. The summed E-state index contributed by atoms with van der Waals surface area (Å²) < 4.78 is 0. The van der Waals surface area contributed by atoms with Crippen molar-refractivity contribution >= 4 is 16.6 Å². The molecule has 140 valence electrons. The number of hydrogen-bond acceptors (Lipinski definition) is 2. The van der Waals surface area contributed by atoms with Gasteiger partial charge in [-0.15, -0.1) is 0 Å². The first-order chi connectivity index (χ1) is 12.9. The average Bonchev–Trinajstić information content (AvgIpc) is 2.67. The molecule has 0 amide bonds. The molecule has 0 radical (unpaired) electrons. The largest absolute Gasteiger partial charge is 0.296 e. The molecule has 0 heterocycles. The van der Waals surface area contributed by atoms with Gasteiger partial charge in [-0.1, -0.05) is 80.6 Å². The Kier molecular flexibility index (Phi) is 5.76. The maximum Gasteiger partial charge on any atom is 0.169 e. The summed E-state index contributed by atoms with van der Waals surface area (Å²) in [6.45, 7) is 10.1. The second-order valence-corrected chi connectivity index (χ2v) is 8.26. The van der Waals surface area contributed by atoms with E-state index < -0.39 is 5.41 Å². The molecule has 0 aliphatic heterocycles. The lowest BCUT2D eigenvalue weighted by molar-refractivity contribution is 0.0720. The first-order valence-electron chi connectivity index (χ1n) is 9.68. The number of rotatable bonds is 7. The molecule has 0 saturated heterocycles. The van der Waals surface area contributed by atoms with Crippen LogP contribution in [0.3, 0.4) is 0 Å². The molecule has 2 heteroatoms. The van der Waals surface area contributed by atoms with E-state index in [4.69, 9.17) is 0 Å². The number of hydrogen-bond donors (Lipinski definition) is 0. The van der Waals surface area contributed by atoms with Gasteiger partial charge in [-0.05, 0) is 36.2 Å². The zero-order valence-electron chi connectivity index (χ0n) is 16.8. The molecule has 3 aromatic rings. The Labute approximate surface area is 162 Å². The number of ketones is 1. The third-order valence-electron chi connectivity index (χ3n) is 5.18. The van der Waals surface area contributed by atoms with Crippen LogP contribution in [0.2, 0.25) is 0 Å². The average molecular weight is 360 g/mol. The van der Waals surface area contributed by atoms with Crippen LogP contribution < -0.4 is 0 Å². The van der Waals surface area contributed by atoms with E-state index in [0.717, 1.165) is 24.0 Å². The minimum absolute atomic E-state index is 0.201. The van der Waals surface area contributed by atoms with Gasteiger partial charge in [0, 0.05) is 30.1 Å². The number of benzene rings is 3. The Morgan fingerprint density at radius 1 is 0.889 bits per heavy atom. The zero-order valence-corrected chi connectivity index (χ0v) is 16.8. The van der Waals surface area contributed by atoms with E-state index in [0.29, 0.717) is 6.04 Å². The lowest BCUT2D eigenvalue weighted by atomic mass is 9.82. The molecule has 3 aromatic carbocycles. The predicted octanol–water partition coefficient (Wildman–Crippen LogP) is 5.96. The maximum atomic E-state index is 13.3. The summed E-state index contributed by atoms with van der Waals surface area (Å²) in [6, 6.07) is 25.1. The standard InChI is InChI=1S/C25H29NO/c1-19(2)26(17-20-10-6-5-7-11-20)18-25(3,4)24(27)23-15-14-21-12-8-9-13-22(21)16-23/h5-16,19H,17-18H2,1-4H3. The van der Waals surface area contributed by atoms with Gasteiger partial charge in [-0.2, -0.15) is 0 Å². The number of carbonyl (C=O) groups is 1. The molecule has 0 N–H and O–H groups in total. The van der Waals surface area contributed by atoms with Crippen molar-refractivity contribution in [2.45, 2.75) is 40.3 Å². The highest BCUT2D eigenvalue weighted by molar-refractivity contribution is 6.03. The van der Waals surface area contributed by atoms with Crippen molar-refractivity contribution in [3.05, 3.63) is 83.9 Å². The van der Waals surface area contributed by atoms with Crippen molar-refractivity contribution in [3.8, 4) is 0 Å². The van der Waals surface area contributed by atoms with Crippen LogP contribution in [0.5, 0.6) is 0 Å². The van der Waals surface area contributed by atoms with E-state index in [1.165, 1.54) is 10.9 Å². The highest BCUT2D eigenvalue weighted by atomic mass is 16.1. The summed E-state index contributed by atoms with van der Waals surface area (Å²) in [5, 5.41) is 2.28. The quantitative estimate of drug-likeness (QED) is 0.485. The van der Waals surface area contributed by atoms with Gasteiger partial charge in [0.15, 0.2) is 5.78 Å². The summed E-state index contributed by atoms with van der Waals surface area (Å²) in [5.74, 6) is 0.201. The minimum atomic E-state index is -0.457. The van der Waals surface area contributed by atoms with Gasteiger partial charge in [-0.25, -0.2) is 0 Å². The second-order valence-electron chi connectivity index (χ2n) is 8.26. The van der Waals surface area contributed by atoms with Gasteiger partial charge in [-0.3, -0.25) is 9.69 Å². The SMILES string of the molecule is CC(C)N(Cc1ccccc1)CC(C)(C)C(=O)c1ccc2ccccc2c1. The van der Waals surface area contributed by atoms with Crippen LogP contribution in [-0.4, -0.2) is 23.3 Å². The fourth-order valence-electron chi connectivity index (χ4n) is 3.54. The Bertz CT molecular complexity index is 912. The number of Topliss-reactive ketones (excluding diaryl/α,β-unsaturated/α-hetero) is 1. The Hall–Kier alpha value is -2.45. The first-order valence-corrected chi connectivity index (χ1v) is 9.68. The van der Waals surface area contributed by atoms with Crippen molar-refractivity contribution in [1.82, 2.24) is 4.90 Å². The van der Waals surface area contributed by atoms with Crippen LogP contribution in [-0.2, 0) is 6.54 Å². The molecule has 0 atom stereocenters. The normalized spacial score (nSPS) is 12.1. The van der Waals surface area contributed by atoms with Gasteiger partial charge >= 0.3 is 0 Å². The van der Waals surface area contributed by atoms with Crippen LogP contribution >= 0.6 is 0 Å². The highest BCUT2D eigenvalue weighted by Crippen LogP contribution is 2.27. The van der Waals surface area contributed by atoms with Gasteiger partial charge < -0.3 is 0 Å². The molecule has 0 aliphatic carbocycles.